The van der Waals surface area contributed by atoms with Crippen molar-refractivity contribution in [1.29, 1.82) is 0 Å². The van der Waals surface area contributed by atoms with Gasteiger partial charge in [0, 0.05) is 6.08 Å². The summed E-state index contributed by atoms with van der Waals surface area (Å²) in [4.78, 5) is 9.90. The van der Waals surface area contributed by atoms with Gasteiger partial charge in [0.2, 0.25) is 0 Å². The molecule has 0 aromatic carbocycles. The van der Waals surface area contributed by atoms with Crippen molar-refractivity contribution >= 4 is 5.97 Å². The van der Waals surface area contributed by atoms with Gasteiger partial charge in [-0.05, 0) is 6.42 Å². The Bertz CT molecular complexity index is 324. The van der Waals surface area contributed by atoms with E-state index in [1.165, 1.54) is 0 Å². The second kappa shape index (κ2) is 4.93. The molecule has 0 aliphatic carbocycles. The zero-order valence-corrected chi connectivity index (χ0v) is 8.62. The van der Waals surface area contributed by atoms with Crippen molar-refractivity contribution in [2.75, 3.05) is 0 Å². The van der Waals surface area contributed by atoms with Crippen molar-refractivity contribution in [1.82, 2.24) is 0 Å². The SMILES string of the molecule is O=C(O)C=CCC(C(F)(F)F)(C(F)(F)F)C(F)(F)F. The molecule has 0 aliphatic rings. The largest absolute Gasteiger partial charge is 0.478 e. The Hall–Kier alpha value is -1.42. The van der Waals surface area contributed by atoms with Crippen molar-refractivity contribution in [2.45, 2.75) is 24.9 Å². The van der Waals surface area contributed by atoms with Crippen LogP contribution in [0, 0.1) is 5.41 Å². The first-order valence-corrected chi connectivity index (χ1v) is 4.26. The molecule has 2 nitrogen and oxygen atoms in total. The van der Waals surface area contributed by atoms with Gasteiger partial charge in [-0.2, -0.15) is 39.5 Å². The molecule has 0 amide bonds. The molecule has 0 rings (SSSR count). The van der Waals surface area contributed by atoms with Crippen molar-refractivity contribution < 1.29 is 49.4 Å². The minimum absolute atomic E-state index is 0.224. The molecule has 0 aromatic heterocycles. The Balaban J connectivity index is 5.89. The summed E-state index contributed by atoms with van der Waals surface area (Å²) in [6.45, 7) is 0. The number of allylic oxidation sites excluding steroid dienone is 1. The summed E-state index contributed by atoms with van der Waals surface area (Å²) < 4.78 is 110. The molecule has 0 unspecified atom stereocenters. The first-order valence-electron chi connectivity index (χ1n) is 4.26. The fraction of sp³-hybridized carbons (Fsp3) is 0.625. The number of carbonyl (C=O) groups is 1. The van der Waals surface area contributed by atoms with Gasteiger partial charge >= 0.3 is 24.5 Å². The standard InChI is InChI=1S/C8H5F9O2/c9-6(10,11)5(7(12,13)14,8(15,16)17)3-1-2-4(18)19/h1-2H,3H2,(H,18,19). The van der Waals surface area contributed by atoms with Crippen LogP contribution in [0.2, 0.25) is 0 Å². The van der Waals surface area contributed by atoms with Gasteiger partial charge in [-0.15, -0.1) is 0 Å². The van der Waals surface area contributed by atoms with E-state index in [0.717, 1.165) is 0 Å². The minimum Gasteiger partial charge on any atom is -0.478 e. The van der Waals surface area contributed by atoms with Gasteiger partial charge in [-0.3, -0.25) is 0 Å². The van der Waals surface area contributed by atoms with Crippen molar-refractivity contribution in [2.24, 2.45) is 5.41 Å². The Labute approximate surface area is 99.0 Å². The van der Waals surface area contributed by atoms with Crippen LogP contribution in [0.15, 0.2) is 12.2 Å². The fourth-order valence-electron chi connectivity index (χ4n) is 1.17. The Morgan fingerprint density at radius 1 is 0.842 bits per heavy atom. The Morgan fingerprint density at radius 3 is 1.37 bits per heavy atom. The monoisotopic (exact) mass is 304 g/mol. The lowest BCUT2D eigenvalue weighted by atomic mass is 9.81. The predicted molar refractivity (Wildman–Crippen MR) is 42.0 cm³/mol. The number of alkyl halides is 9. The van der Waals surface area contributed by atoms with Crippen LogP contribution >= 0.6 is 0 Å². The van der Waals surface area contributed by atoms with Gasteiger partial charge in [0.15, 0.2) is 0 Å². The highest BCUT2D eigenvalue weighted by atomic mass is 19.4. The van der Waals surface area contributed by atoms with Crippen molar-refractivity contribution in [3.05, 3.63) is 12.2 Å². The van der Waals surface area contributed by atoms with Gasteiger partial charge < -0.3 is 5.11 Å². The van der Waals surface area contributed by atoms with E-state index in [9.17, 15) is 44.3 Å². The molecule has 0 heterocycles. The van der Waals surface area contributed by atoms with E-state index >= 15 is 0 Å². The molecule has 0 saturated carbocycles. The number of rotatable bonds is 3. The second-order valence-corrected chi connectivity index (χ2v) is 3.34. The van der Waals surface area contributed by atoms with Crippen LogP contribution in [0.1, 0.15) is 6.42 Å². The number of carboxylic acids is 1. The van der Waals surface area contributed by atoms with E-state index in [0.29, 0.717) is 0 Å². The molecular weight excluding hydrogens is 299 g/mol. The first-order chi connectivity index (χ1) is 8.17. The predicted octanol–water partition coefficient (Wildman–Crippen LogP) is 3.69. The van der Waals surface area contributed by atoms with Crippen LogP contribution in [0.25, 0.3) is 0 Å². The minimum atomic E-state index is -6.67. The lowest BCUT2D eigenvalue weighted by Crippen LogP contribution is -2.59. The summed E-state index contributed by atoms with van der Waals surface area (Å²) in [7, 11) is 0. The van der Waals surface area contributed by atoms with Crippen LogP contribution in [-0.4, -0.2) is 29.6 Å². The van der Waals surface area contributed by atoms with E-state index in [1.807, 2.05) is 0 Å². The molecule has 1 N–H and O–H groups in total. The van der Waals surface area contributed by atoms with Crippen LogP contribution in [0.3, 0.4) is 0 Å². The number of hydrogen-bond acceptors (Lipinski definition) is 1. The summed E-state index contributed by atoms with van der Waals surface area (Å²) in [6, 6.07) is 0. The summed E-state index contributed by atoms with van der Waals surface area (Å²) in [5.74, 6) is -1.97. The number of carboxylic acid groups (broad SMARTS) is 1. The molecule has 0 radical (unpaired) electrons. The topological polar surface area (TPSA) is 37.3 Å². The van der Waals surface area contributed by atoms with E-state index in [-0.39, 0.29) is 12.2 Å². The number of aliphatic carboxylic acids is 1. The van der Waals surface area contributed by atoms with Gasteiger partial charge in [-0.25, -0.2) is 4.79 Å². The molecular formula is C8H5F9O2. The highest BCUT2D eigenvalue weighted by molar-refractivity contribution is 5.79. The van der Waals surface area contributed by atoms with Crippen molar-refractivity contribution in [3.63, 3.8) is 0 Å². The molecule has 19 heavy (non-hydrogen) atoms. The Morgan fingerprint density at radius 2 is 1.16 bits per heavy atom. The molecule has 112 valence electrons. The van der Waals surface area contributed by atoms with E-state index < -0.39 is 36.3 Å². The molecule has 0 bridgehead atoms. The summed E-state index contributed by atoms with van der Waals surface area (Å²) >= 11 is 0. The normalized spacial score (nSPS) is 15.0. The fourth-order valence-corrected chi connectivity index (χ4v) is 1.17. The smallest absolute Gasteiger partial charge is 0.412 e. The van der Waals surface area contributed by atoms with Crippen LogP contribution < -0.4 is 0 Å². The zero-order chi connectivity index (χ0) is 15.7. The van der Waals surface area contributed by atoms with Gasteiger partial charge in [0.1, 0.15) is 0 Å². The van der Waals surface area contributed by atoms with Crippen LogP contribution in [0.4, 0.5) is 39.5 Å². The van der Waals surface area contributed by atoms with E-state index in [2.05, 4.69) is 0 Å². The lowest BCUT2D eigenvalue weighted by Gasteiger charge is -2.37. The van der Waals surface area contributed by atoms with E-state index in [1.54, 1.807) is 0 Å². The highest BCUT2D eigenvalue weighted by Crippen LogP contribution is 2.61. The van der Waals surface area contributed by atoms with Crippen molar-refractivity contribution in [3.8, 4) is 0 Å². The molecule has 0 aromatic rings. The maximum absolute atomic E-state index is 12.3. The van der Waals surface area contributed by atoms with Crippen LogP contribution in [0.5, 0.6) is 0 Å². The van der Waals surface area contributed by atoms with Gasteiger partial charge in [0.25, 0.3) is 5.41 Å². The number of halogens is 9. The van der Waals surface area contributed by atoms with Gasteiger partial charge in [-0.1, -0.05) is 6.08 Å². The van der Waals surface area contributed by atoms with Gasteiger partial charge in [0.05, 0.1) is 0 Å². The third kappa shape index (κ3) is 3.32. The first kappa shape index (κ1) is 17.6. The lowest BCUT2D eigenvalue weighted by molar-refractivity contribution is -0.425. The summed E-state index contributed by atoms with van der Waals surface area (Å²) in [6.07, 6.45) is -23.2. The molecule has 0 atom stereocenters. The molecule has 0 aliphatic heterocycles. The average Bonchev–Trinajstić information content (AvgIpc) is 2.04. The summed E-state index contributed by atoms with van der Waals surface area (Å²) in [5.41, 5.74) is -6.00. The molecule has 0 fully saturated rings. The third-order valence-corrected chi connectivity index (χ3v) is 2.14. The quantitative estimate of drug-likeness (QED) is 0.638. The molecule has 0 saturated heterocycles. The highest BCUT2D eigenvalue weighted by Gasteiger charge is 2.82. The molecule has 11 heteroatoms. The summed E-state index contributed by atoms with van der Waals surface area (Å²) in [5, 5.41) is 7.99. The Kier molecular flexibility index (Phi) is 4.56. The second-order valence-electron chi connectivity index (χ2n) is 3.34. The average molecular weight is 304 g/mol. The maximum Gasteiger partial charge on any atom is 0.412 e. The maximum atomic E-state index is 12.3. The van der Waals surface area contributed by atoms with Crippen LogP contribution in [-0.2, 0) is 4.79 Å². The number of hydrogen-bond donors (Lipinski definition) is 1. The molecule has 0 spiro atoms. The third-order valence-electron chi connectivity index (χ3n) is 2.14. The zero-order valence-electron chi connectivity index (χ0n) is 8.62. The van der Waals surface area contributed by atoms with E-state index in [4.69, 9.17) is 5.11 Å².